The predicted octanol–water partition coefficient (Wildman–Crippen LogP) is 5.01. The Morgan fingerprint density at radius 3 is 2.60 bits per heavy atom. The summed E-state index contributed by atoms with van der Waals surface area (Å²) in [6.07, 6.45) is 11.7. The van der Waals surface area contributed by atoms with Crippen molar-refractivity contribution in [3.8, 4) is 0 Å². The summed E-state index contributed by atoms with van der Waals surface area (Å²) < 4.78 is 17.7. The van der Waals surface area contributed by atoms with Gasteiger partial charge in [-0.05, 0) is 76.6 Å². The SMILES string of the molecule is CCC(O)C(C)C1OC1CC(C)(O)/C=C/C=C(\C)C1OC(=O)CC(O)CCC(C)C(OC(=O)N(C)CCN2CCCCC2)/C=C\C1C. The number of aliphatic hydroxyl groups excluding tert-OH is 2. The molecule has 3 aliphatic heterocycles. The van der Waals surface area contributed by atoms with E-state index in [2.05, 4.69) is 4.90 Å². The van der Waals surface area contributed by atoms with E-state index in [1.54, 1.807) is 31.0 Å². The second-order valence-corrected chi connectivity index (χ2v) is 14.5. The molecule has 3 aliphatic rings. The molecule has 0 aromatic heterocycles. The predicted molar refractivity (Wildman–Crippen MR) is 183 cm³/mol. The van der Waals surface area contributed by atoms with Crippen LogP contribution in [0.5, 0.6) is 0 Å². The molecule has 3 N–H and O–H groups in total. The molecule has 10 atom stereocenters. The monoisotopic (exact) mass is 662 g/mol. The first-order chi connectivity index (χ1) is 22.2. The molecule has 0 aromatic rings. The lowest BCUT2D eigenvalue weighted by Gasteiger charge is -2.30. The first kappa shape index (κ1) is 39.2. The minimum atomic E-state index is -1.12. The number of ether oxygens (including phenoxy) is 3. The molecule has 3 rings (SSSR count). The Labute approximate surface area is 282 Å². The van der Waals surface area contributed by atoms with Crippen LogP contribution in [0.3, 0.4) is 0 Å². The standard InChI is InChI=1S/C37H62N2O8/c1-8-30(41)28(5)35-32(45-35)24-37(6,44)18-12-13-26(3)34-27(4)15-17-31(25(2)14-16-29(40)23-33(42)47-34)46-36(43)38(7)21-22-39-19-10-9-11-20-39/h12-13,15,17-18,25,27-32,34-35,40-41,44H,8-11,14,16,19-24H2,1-7H3/b17-15-,18-12+,26-13+. The van der Waals surface area contributed by atoms with Crippen molar-refractivity contribution in [1.82, 2.24) is 9.80 Å². The maximum absolute atomic E-state index is 13.1. The zero-order valence-electron chi connectivity index (χ0n) is 29.8. The van der Waals surface area contributed by atoms with Gasteiger partial charge in [-0.15, -0.1) is 0 Å². The van der Waals surface area contributed by atoms with Crippen molar-refractivity contribution in [3.05, 3.63) is 36.0 Å². The molecule has 268 valence electrons. The maximum atomic E-state index is 13.1. The molecule has 0 bridgehead atoms. The van der Waals surface area contributed by atoms with Gasteiger partial charge in [0.15, 0.2) is 0 Å². The van der Waals surface area contributed by atoms with Crippen LogP contribution < -0.4 is 0 Å². The average Bonchev–Trinajstić information content (AvgIpc) is 3.79. The minimum Gasteiger partial charge on any atom is -0.457 e. The number of piperidine rings is 1. The molecule has 1 amide bonds. The lowest BCUT2D eigenvalue weighted by molar-refractivity contribution is -0.151. The van der Waals surface area contributed by atoms with Gasteiger partial charge in [0.25, 0.3) is 0 Å². The number of likely N-dealkylation sites (N-methyl/N-ethyl adjacent to an activating group) is 1. The molecule has 0 saturated carbocycles. The second kappa shape index (κ2) is 18.5. The fourth-order valence-electron chi connectivity index (χ4n) is 6.57. The van der Waals surface area contributed by atoms with E-state index >= 15 is 0 Å². The van der Waals surface area contributed by atoms with Crippen molar-refractivity contribution in [1.29, 1.82) is 0 Å². The average molecular weight is 663 g/mol. The summed E-state index contributed by atoms with van der Waals surface area (Å²) in [4.78, 5) is 30.0. The number of hydrogen-bond acceptors (Lipinski definition) is 9. The highest BCUT2D eigenvalue weighted by Crippen LogP contribution is 2.37. The van der Waals surface area contributed by atoms with Crippen LogP contribution in [-0.4, -0.2) is 113 Å². The number of amides is 1. The van der Waals surface area contributed by atoms with Crippen LogP contribution in [-0.2, 0) is 19.0 Å². The molecular weight excluding hydrogens is 600 g/mol. The maximum Gasteiger partial charge on any atom is 0.410 e. The molecule has 10 unspecified atom stereocenters. The quantitative estimate of drug-likeness (QED) is 0.114. The van der Waals surface area contributed by atoms with Crippen molar-refractivity contribution in [2.24, 2.45) is 17.8 Å². The molecule has 0 radical (unpaired) electrons. The molecule has 0 aromatic carbocycles. The third-order valence-electron chi connectivity index (χ3n) is 10.1. The number of allylic oxidation sites excluding steroid dienone is 2. The number of hydrogen-bond donors (Lipinski definition) is 3. The highest BCUT2D eigenvalue weighted by molar-refractivity contribution is 5.70. The first-order valence-electron chi connectivity index (χ1n) is 17.8. The van der Waals surface area contributed by atoms with Crippen LogP contribution in [0, 0.1) is 17.8 Å². The summed E-state index contributed by atoms with van der Waals surface area (Å²) in [5.41, 5.74) is -0.353. The van der Waals surface area contributed by atoms with Crippen molar-refractivity contribution in [2.45, 2.75) is 135 Å². The Morgan fingerprint density at radius 2 is 1.91 bits per heavy atom. The van der Waals surface area contributed by atoms with Crippen LogP contribution in [0.1, 0.15) is 92.9 Å². The van der Waals surface area contributed by atoms with E-state index in [0.717, 1.165) is 25.2 Å². The molecule has 10 nitrogen and oxygen atoms in total. The van der Waals surface area contributed by atoms with Gasteiger partial charge in [-0.3, -0.25) is 4.79 Å². The summed E-state index contributed by atoms with van der Waals surface area (Å²) >= 11 is 0. The fourth-order valence-corrected chi connectivity index (χ4v) is 6.57. The third-order valence-corrected chi connectivity index (χ3v) is 10.1. The highest BCUT2D eigenvalue weighted by Gasteiger charge is 2.47. The smallest absolute Gasteiger partial charge is 0.410 e. The van der Waals surface area contributed by atoms with Crippen molar-refractivity contribution in [2.75, 3.05) is 33.2 Å². The zero-order valence-corrected chi connectivity index (χ0v) is 29.8. The topological polar surface area (TPSA) is 132 Å². The lowest BCUT2D eigenvalue weighted by atomic mass is 9.91. The third kappa shape index (κ3) is 13.0. The molecule has 0 aliphatic carbocycles. The van der Waals surface area contributed by atoms with Gasteiger partial charge in [0, 0.05) is 38.4 Å². The number of cyclic esters (lactones) is 1. The normalized spacial score (nSPS) is 33.1. The van der Waals surface area contributed by atoms with Crippen LogP contribution in [0.2, 0.25) is 0 Å². The van der Waals surface area contributed by atoms with E-state index in [-0.39, 0.29) is 42.5 Å². The Hall–Kier alpha value is -2.24. The van der Waals surface area contributed by atoms with Crippen LogP contribution >= 0.6 is 0 Å². The summed E-state index contributed by atoms with van der Waals surface area (Å²) in [5.74, 6) is -0.782. The van der Waals surface area contributed by atoms with Crippen LogP contribution in [0.15, 0.2) is 36.0 Å². The number of rotatable bonds is 12. The van der Waals surface area contributed by atoms with Crippen LogP contribution in [0.25, 0.3) is 0 Å². The van der Waals surface area contributed by atoms with Gasteiger partial charge in [0.2, 0.25) is 0 Å². The van der Waals surface area contributed by atoms with Crippen LogP contribution in [0.4, 0.5) is 4.79 Å². The van der Waals surface area contributed by atoms with Gasteiger partial charge >= 0.3 is 12.1 Å². The summed E-state index contributed by atoms with van der Waals surface area (Å²) in [7, 11) is 1.77. The van der Waals surface area contributed by atoms with E-state index < -0.39 is 36.0 Å². The molecule has 0 spiro atoms. The minimum absolute atomic E-state index is 0.00668. The van der Waals surface area contributed by atoms with E-state index in [0.29, 0.717) is 32.2 Å². The number of aliphatic hydroxyl groups is 3. The largest absolute Gasteiger partial charge is 0.457 e. The number of esters is 1. The van der Waals surface area contributed by atoms with Gasteiger partial charge in [0.05, 0.1) is 36.4 Å². The second-order valence-electron chi connectivity index (χ2n) is 14.5. The Bertz CT molecular complexity index is 1080. The molecule has 2 saturated heterocycles. The van der Waals surface area contributed by atoms with Gasteiger partial charge in [-0.25, -0.2) is 4.79 Å². The van der Waals surface area contributed by atoms with E-state index in [1.807, 2.05) is 52.8 Å². The Morgan fingerprint density at radius 1 is 1.21 bits per heavy atom. The number of carbonyl (C=O) groups is 2. The van der Waals surface area contributed by atoms with Gasteiger partial charge in [0.1, 0.15) is 12.2 Å². The van der Waals surface area contributed by atoms with Gasteiger partial charge in [-0.2, -0.15) is 0 Å². The summed E-state index contributed by atoms with van der Waals surface area (Å²) in [6.45, 7) is 15.0. The summed E-state index contributed by atoms with van der Waals surface area (Å²) in [5, 5.41) is 31.8. The number of epoxide rings is 1. The number of carbonyl (C=O) groups excluding carboxylic acids is 2. The highest BCUT2D eigenvalue weighted by atomic mass is 16.6. The summed E-state index contributed by atoms with van der Waals surface area (Å²) in [6, 6.07) is 0. The molecule has 10 heteroatoms. The van der Waals surface area contributed by atoms with E-state index in [4.69, 9.17) is 14.2 Å². The molecule has 47 heavy (non-hydrogen) atoms. The van der Waals surface area contributed by atoms with Crippen molar-refractivity contribution < 1.29 is 39.1 Å². The van der Waals surface area contributed by atoms with Gasteiger partial charge in [-0.1, -0.05) is 58.4 Å². The van der Waals surface area contributed by atoms with E-state index in [1.165, 1.54) is 19.3 Å². The molecular formula is C37H62N2O8. The van der Waals surface area contributed by atoms with E-state index in [9.17, 15) is 24.9 Å². The Kier molecular flexibility index (Phi) is 15.4. The zero-order chi connectivity index (χ0) is 34.7. The Balaban J connectivity index is 1.67. The van der Waals surface area contributed by atoms with Gasteiger partial charge < -0.3 is 39.3 Å². The van der Waals surface area contributed by atoms with Crippen molar-refractivity contribution >= 4 is 12.1 Å². The number of likely N-dealkylation sites (tertiary alicyclic amines) is 1. The fraction of sp³-hybridized carbons (Fsp3) is 0.784. The van der Waals surface area contributed by atoms with Crippen molar-refractivity contribution in [3.63, 3.8) is 0 Å². The first-order valence-corrected chi connectivity index (χ1v) is 17.8. The number of nitrogens with zero attached hydrogens (tertiary/aromatic N) is 2. The molecule has 3 heterocycles. The lowest BCUT2D eigenvalue weighted by Crippen LogP contribution is -2.40. The molecule has 2 fully saturated rings.